The summed E-state index contributed by atoms with van der Waals surface area (Å²) in [6.07, 6.45) is 2.03. The van der Waals surface area contributed by atoms with Crippen molar-refractivity contribution in [2.75, 3.05) is 0 Å². The Hall–Kier alpha value is -3.06. The molecule has 0 bridgehead atoms. The van der Waals surface area contributed by atoms with Crippen LogP contribution in [-0.4, -0.2) is 20.7 Å². The van der Waals surface area contributed by atoms with E-state index in [1.807, 2.05) is 35.7 Å². The molecule has 1 heterocycles. The van der Waals surface area contributed by atoms with Crippen molar-refractivity contribution in [3.8, 4) is 22.8 Å². The highest BCUT2D eigenvalue weighted by Crippen LogP contribution is 2.22. The summed E-state index contributed by atoms with van der Waals surface area (Å²) < 4.78 is 2.08. The molecule has 3 rings (SSSR count). The van der Waals surface area contributed by atoms with E-state index < -0.39 is 5.91 Å². The number of aromatic nitrogens is 1. The number of aromatic hydroxyl groups is 2. The predicted molar refractivity (Wildman–Crippen MR) is 105 cm³/mol. The lowest BCUT2D eigenvalue weighted by molar-refractivity contribution is 0.0950. The van der Waals surface area contributed by atoms with Crippen molar-refractivity contribution in [1.29, 1.82) is 0 Å². The lowest BCUT2D eigenvalue weighted by Crippen LogP contribution is -2.25. The highest BCUT2D eigenvalue weighted by Gasteiger charge is 2.12. The first kappa shape index (κ1) is 18.7. The van der Waals surface area contributed by atoms with Gasteiger partial charge in [0.1, 0.15) is 11.5 Å². The minimum atomic E-state index is -0.583. The minimum absolute atomic E-state index is 0.0290. The Labute approximate surface area is 161 Å². The number of rotatable bonds is 6. The van der Waals surface area contributed by atoms with Crippen molar-refractivity contribution in [2.24, 2.45) is 5.10 Å². The van der Waals surface area contributed by atoms with Crippen molar-refractivity contribution in [3.05, 3.63) is 64.3 Å². The Bertz CT molecular complexity index is 993. The molecule has 6 nitrogen and oxygen atoms in total. The second-order valence-corrected chi connectivity index (χ2v) is 6.87. The number of thiazole rings is 1. The fourth-order valence-electron chi connectivity index (χ4n) is 2.66. The zero-order chi connectivity index (χ0) is 19.2. The molecular weight excluding hydrogens is 362 g/mol. The van der Waals surface area contributed by atoms with E-state index >= 15 is 0 Å². The number of carbonyl (C=O) groups excluding carboxylic acids is 1. The third kappa shape index (κ3) is 4.38. The highest BCUT2D eigenvalue weighted by atomic mass is 32.1. The Balaban J connectivity index is 1.92. The molecule has 0 aliphatic heterocycles. The number of nitrogens with one attached hydrogen (secondary N) is 1. The molecule has 3 aromatic rings. The van der Waals surface area contributed by atoms with Crippen LogP contribution in [0, 0.1) is 0 Å². The van der Waals surface area contributed by atoms with Gasteiger partial charge in [-0.25, -0.2) is 5.43 Å². The highest BCUT2D eigenvalue weighted by molar-refractivity contribution is 7.07. The Morgan fingerprint density at radius 1 is 1.19 bits per heavy atom. The average Bonchev–Trinajstić information content (AvgIpc) is 3.09. The molecule has 140 valence electrons. The van der Waals surface area contributed by atoms with Gasteiger partial charge >= 0.3 is 0 Å². The quantitative estimate of drug-likeness (QED) is 0.448. The van der Waals surface area contributed by atoms with Crippen LogP contribution in [0.3, 0.4) is 0 Å². The van der Waals surface area contributed by atoms with Gasteiger partial charge in [-0.1, -0.05) is 43.7 Å². The van der Waals surface area contributed by atoms with Crippen LogP contribution in [0.4, 0.5) is 0 Å². The van der Waals surface area contributed by atoms with E-state index in [4.69, 9.17) is 0 Å². The topological polar surface area (TPSA) is 86.9 Å². The molecule has 0 spiro atoms. The predicted octanol–water partition coefficient (Wildman–Crippen LogP) is 3.67. The second-order valence-electron chi connectivity index (χ2n) is 6.03. The molecule has 0 unspecified atom stereocenters. The summed E-state index contributed by atoms with van der Waals surface area (Å²) in [5, 5.41) is 25.6. The molecule has 0 saturated carbocycles. The van der Waals surface area contributed by atoms with E-state index in [0.717, 1.165) is 30.6 Å². The van der Waals surface area contributed by atoms with E-state index in [-0.39, 0.29) is 17.1 Å². The fourth-order valence-corrected chi connectivity index (χ4v) is 3.55. The van der Waals surface area contributed by atoms with Crippen LogP contribution < -0.4 is 10.2 Å². The lowest BCUT2D eigenvalue weighted by atomic mass is 10.2. The van der Waals surface area contributed by atoms with E-state index in [9.17, 15) is 15.0 Å². The summed E-state index contributed by atoms with van der Waals surface area (Å²) in [5.74, 6) is -0.894. The van der Waals surface area contributed by atoms with E-state index in [0.29, 0.717) is 4.80 Å². The second kappa shape index (κ2) is 8.55. The maximum absolute atomic E-state index is 12.3. The van der Waals surface area contributed by atoms with Crippen molar-refractivity contribution < 1.29 is 15.0 Å². The van der Waals surface area contributed by atoms with Gasteiger partial charge in [0.15, 0.2) is 0 Å². The third-order valence-electron chi connectivity index (χ3n) is 4.08. The van der Waals surface area contributed by atoms with Gasteiger partial charge in [-0.15, -0.1) is 16.4 Å². The molecule has 1 amide bonds. The minimum Gasteiger partial charge on any atom is -0.508 e. The largest absolute Gasteiger partial charge is 0.508 e. The molecule has 2 aromatic carbocycles. The van der Waals surface area contributed by atoms with Gasteiger partial charge in [0.05, 0.1) is 11.3 Å². The summed E-state index contributed by atoms with van der Waals surface area (Å²) in [5.41, 5.74) is 4.57. The standard InChI is InChI=1S/C20H21N3O3S/c1-2-3-11-23-17(14-7-5-4-6-8-14)13-27-20(23)22-21-19(26)16-12-15(24)9-10-18(16)25/h4-10,12-13,24-25H,2-3,11H2,1H3,(H,21,26)/b22-20+. The van der Waals surface area contributed by atoms with Crippen LogP contribution in [-0.2, 0) is 6.54 Å². The molecule has 3 N–H and O–H groups in total. The van der Waals surface area contributed by atoms with Gasteiger partial charge in [-0.05, 0) is 30.2 Å². The Kier molecular flexibility index (Phi) is 5.93. The van der Waals surface area contributed by atoms with E-state index in [1.165, 1.54) is 29.5 Å². The molecule has 0 aliphatic carbocycles. The van der Waals surface area contributed by atoms with Crippen LogP contribution in [0.2, 0.25) is 0 Å². The van der Waals surface area contributed by atoms with Gasteiger partial charge in [-0.2, -0.15) is 0 Å². The molecule has 0 fully saturated rings. The summed E-state index contributed by atoms with van der Waals surface area (Å²) in [6, 6.07) is 13.8. The van der Waals surface area contributed by atoms with Crippen LogP contribution in [0.25, 0.3) is 11.3 Å². The number of carbonyl (C=O) groups is 1. The maximum Gasteiger partial charge on any atom is 0.275 e. The molecular formula is C20H21N3O3S. The van der Waals surface area contributed by atoms with Gasteiger partial charge in [0.2, 0.25) is 4.80 Å². The molecule has 7 heteroatoms. The lowest BCUT2D eigenvalue weighted by Gasteiger charge is -2.08. The third-order valence-corrected chi connectivity index (χ3v) is 4.94. The average molecular weight is 383 g/mol. The zero-order valence-electron chi connectivity index (χ0n) is 14.9. The molecule has 27 heavy (non-hydrogen) atoms. The van der Waals surface area contributed by atoms with Crippen LogP contribution in [0.1, 0.15) is 30.1 Å². The van der Waals surface area contributed by atoms with Crippen LogP contribution >= 0.6 is 11.3 Å². The van der Waals surface area contributed by atoms with Crippen LogP contribution in [0.15, 0.2) is 59.0 Å². The van der Waals surface area contributed by atoms with Crippen molar-refractivity contribution in [2.45, 2.75) is 26.3 Å². The fraction of sp³-hybridized carbons (Fsp3) is 0.200. The number of phenolic OH excluding ortho intramolecular Hbond substituents is 2. The Morgan fingerprint density at radius 3 is 2.70 bits per heavy atom. The zero-order valence-corrected chi connectivity index (χ0v) is 15.7. The van der Waals surface area contributed by atoms with Gasteiger partial charge in [0, 0.05) is 11.9 Å². The number of amides is 1. The molecule has 0 aliphatic rings. The molecule has 0 radical (unpaired) electrons. The van der Waals surface area contributed by atoms with Crippen molar-refractivity contribution in [1.82, 2.24) is 9.99 Å². The number of benzene rings is 2. The van der Waals surface area contributed by atoms with Gasteiger partial charge < -0.3 is 14.8 Å². The van der Waals surface area contributed by atoms with Crippen LogP contribution in [0.5, 0.6) is 11.5 Å². The first-order valence-electron chi connectivity index (χ1n) is 8.70. The SMILES string of the molecule is CCCCn1c(-c2ccccc2)cs/c1=N/NC(=O)c1cc(O)ccc1O. The van der Waals surface area contributed by atoms with Crippen molar-refractivity contribution >= 4 is 17.2 Å². The van der Waals surface area contributed by atoms with E-state index in [2.05, 4.69) is 22.0 Å². The summed E-state index contributed by atoms with van der Waals surface area (Å²) in [7, 11) is 0. The van der Waals surface area contributed by atoms with Crippen molar-refractivity contribution in [3.63, 3.8) is 0 Å². The monoisotopic (exact) mass is 383 g/mol. The number of hydrogen-bond donors (Lipinski definition) is 3. The molecule has 1 aromatic heterocycles. The maximum atomic E-state index is 12.3. The summed E-state index contributed by atoms with van der Waals surface area (Å²) >= 11 is 1.44. The smallest absolute Gasteiger partial charge is 0.275 e. The Morgan fingerprint density at radius 2 is 1.96 bits per heavy atom. The molecule has 0 atom stereocenters. The number of unbranched alkanes of at least 4 members (excludes halogenated alkanes) is 1. The summed E-state index contributed by atoms with van der Waals surface area (Å²) in [6.45, 7) is 2.91. The van der Waals surface area contributed by atoms with E-state index in [1.54, 1.807) is 0 Å². The normalized spacial score (nSPS) is 11.5. The molecule has 0 saturated heterocycles. The summed E-state index contributed by atoms with van der Waals surface area (Å²) in [4.78, 5) is 13.0. The van der Waals surface area contributed by atoms with Gasteiger partial charge in [0.25, 0.3) is 5.91 Å². The first-order valence-corrected chi connectivity index (χ1v) is 9.58. The number of nitrogens with zero attached hydrogens (tertiary/aromatic N) is 2. The first-order chi connectivity index (χ1) is 13.1. The number of phenols is 2. The van der Waals surface area contributed by atoms with Gasteiger partial charge in [-0.3, -0.25) is 4.79 Å². The number of hydrogen-bond acceptors (Lipinski definition) is 5.